The van der Waals surface area contributed by atoms with Gasteiger partial charge in [-0.1, -0.05) is 19.8 Å². The molecule has 2 nitrogen and oxygen atoms in total. The summed E-state index contributed by atoms with van der Waals surface area (Å²) in [4.78, 5) is 2.79. The SMILES string of the molecule is CCC(CSC)N1CC2(CCCC2)NCC1C. The Kier molecular flexibility index (Phi) is 4.79. The third kappa shape index (κ3) is 2.99. The molecular weight excluding hydrogens is 228 g/mol. The van der Waals surface area contributed by atoms with Crippen LogP contribution in [0.25, 0.3) is 0 Å². The molecule has 0 amide bonds. The Morgan fingerprint density at radius 3 is 2.71 bits per heavy atom. The van der Waals surface area contributed by atoms with Crippen LogP contribution in [0.5, 0.6) is 0 Å². The van der Waals surface area contributed by atoms with E-state index in [1.54, 1.807) is 0 Å². The van der Waals surface area contributed by atoms with Crippen molar-refractivity contribution in [2.45, 2.75) is 63.6 Å². The van der Waals surface area contributed by atoms with Crippen molar-refractivity contribution in [3.05, 3.63) is 0 Å². The molecule has 17 heavy (non-hydrogen) atoms. The normalized spacial score (nSPS) is 30.9. The van der Waals surface area contributed by atoms with Gasteiger partial charge in [0.25, 0.3) is 0 Å². The van der Waals surface area contributed by atoms with Gasteiger partial charge in [-0.15, -0.1) is 0 Å². The molecule has 2 rings (SSSR count). The van der Waals surface area contributed by atoms with Crippen molar-refractivity contribution in [3.8, 4) is 0 Å². The number of piperazine rings is 1. The van der Waals surface area contributed by atoms with E-state index in [2.05, 4.69) is 30.3 Å². The number of hydrogen-bond donors (Lipinski definition) is 1. The quantitative estimate of drug-likeness (QED) is 0.832. The van der Waals surface area contributed by atoms with Crippen molar-refractivity contribution in [2.24, 2.45) is 0 Å². The van der Waals surface area contributed by atoms with Crippen LogP contribution in [0.1, 0.15) is 46.0 Å². The van der Waals surface area contributed by atoms with Crippen LogP contribution in [-0.4, -0.2) is 47.6 Å². The van der Waals surface area contributed by atoms with Gasteiger partial charge in [-0.2, -0.15) is 11.8 Å². The molecule has 2 unspecified atom stereocenters. The van der Waals surface area contributed by atoms with Gasteiger partial charge in [0.05, 0.1) is 0 Å². The highest BCUT2D eigenvalue weighted by Gasteiger charge is 2.41. The molecule has 1 N–H and O–H groups in total. The lowest BCUT2D eigenvalue weighted by molar-refractivity contribution is 0.0571. The molecule has 1 aliphatic carbocycles. The molecule has 0 bridgehead atoms. The van der Waals surface area contributed by atoms with Crippen molar-refractivity contribution in [2.75, 3.05) is 25.1 Å². The highest BCUT2D eigenvalue weighted by molar-refractivity contribution is 7.98. The number of nitrogens with zero attached hydrogens (tertiary/aromatic N) is 1. The number of thioether (sulfide) groups is 1. The first-order chi connectivity index (χ1) is 8.21. The van der Waals surface area contributed by atoms with Crippen LogP contribution >= 0.6 is 11.8 Å². The van der Waals surface area contributed by atoms with Crippen LogP contribution in [0.2, 0.25) is 0 Å². The standard InChI is InChI=1S/C14H28N2S/c1-4-13(10-17-3)16-11-14(7-5-6-8-14)15-9-12(16)2/h12-13,15H,4-11H2,1-3H3. The van der Waals surface area contributed by atoms with E-state index in [4.69, 9.17) is 0 Å². The molecule has 100 valence electrons. The van der Waals surface area contributed by atoms with Gasteiger partial charge < -0.3 is 5.32 Å². The summed E-state index contributed by atoms with van der Waals surface area (Å²) in [5, 5.41) is 3.85. The second-order valence-corrected chi connectivity index (χ2v) is 6.82. The summed E-state index contributed by atoms with van der Waals surface area (Å²) in [6.45, 7) is 7.20. The molecule has 1 heterocycles. The molecule has 0 aromatic heterocycles. The molecule has 0 aromatic rings. The summed E-state index contributed by atoms with van der Waals surface area (Å²) in [5.74, 6) is 1.29. The summed E-state index contributed by atoms with van der Waals surface area (Å²) in [5.41, 5.74) is 0.471. The first-order valence-electron chi connectivity index (χ1n) is 7.20. The van der Waals surface area contributed by atoms with E-state index in [9.17, 15) is 0 Å². The molecule has 0 radical (unpaired) electrons. The third-order valence-electron chi connectivity index (χ3n) is 4.68. The van der Waals surface area contributed by atoms with Gasteiger partial charge >= 0.3 is 0 Å². The van der Waals surface area contributed by atoms with Crippen molar-refractivity contribution < 1.29 is 0 Å². The minimum atomic E-state index is 0.471. The Morgan fingerprint density at radius 1 is 1.41 bits per heavy atom. The van der Waals surface area contributed by atoms with E-state index in [1.165, 1.54) is 50.9 Å². The summed E-state index contributed by atoms with van der Waals surface area (Å²) in [6.07, 6.45) is 9.17. The van der Waals surface area contributed by atoms with Crippen molar-refractivity contribution in [1.29, 1.82) is 0 Å². The van der Waals surface area contributed by atoms with Gasteiger partial charge in [0, 0.05) is 36.5 Å². The monoisotopic (exact) mass is 256 g/mol. The Labute approximate surface area is 111 Å². The molecule has 2 atom stereocenters. The second kappa shape index (κ2) is 5.94. The van der Waals surface area contributed by atoms with Gasteiger partial charge in [0.2, 0.25) is 0 Å². The van der Waals surface area contributed by atoms with E-state index in [-0.39, 0.29) is 0 Å². The van der Waals surface area contributed by atoms with E-state index >= 15 is 0 Å². The van der Waals surface area contributed by atoms with Crippen molar-refractivity contribution in [1.82, 2.24) is 10.2 Å². The Bertz CT molecular complexity index is 238. The first kappa shape index (κ1) is 13.7. The summed E-state index contributed by atoms with van der Waals surface area (Å²) in [7, 11) is 0. The van der Waals surface area contributed by atoms with Crippen molar-refractivity contribution in [3.63, 3.8) is 0 Å². The predicted octanol–water partition coefficient (Wildman–Crippen LogP) is 2.73. The second-order valence-electron chi connectivity index (χ2n) is 5.91. The van der Waals surface area contributed by atoms with Crippen LogP contribution in [-0.2, 0) is 0 Å². The fraction of sp³-hybridized carbons (Fsp3) is 1.00. The van der Waals surface area contributed by atoms with Crippen LogP contribution < -0.4 is 5.32 Å². The molecule has 2 aliphatic rings. The van der Waals surface area contributed by atoms with Crippen LogP contribution in [0, 0.1) is 0 Å². The van der Waals surface area contributed by atoms with Gasteiger partial charge in [0.15, 0.2) is 0 Å². The largest absolute Gasteiger partial charge is 0.308 e. The van der Waals surface area contributed by atoms with Gasteiger partial charge in [-0.05, 0) is 32.4 Å². The first-order valence-corrected chi connectivity index (χ1v) is 8.60. The minimum Gasteiger partial charge on any atom is -0.308 e. The fourth-order valence-corrected chi connectivity index (χ4v) is 4.37. The molecule has 1 spiro atoms. The zero-order valence-electron chi connectivity index (χ0n) is 11.7. The molecule has 0 aromatic carbocycles. The predicted molar refractivity (Wildman–Crippen MR) is 77.8 cm³/mol. The molecular formula is C14H28N2S. The molecule has 1 saturated carbocycles. The lowest BCUT2D eigenvalue weighted by Gasteiger charge is -2.48. The lowest BCUT2D eigenvalue weighted by Crippen LogP contribution is -2.64. The summed E-state index contributed by atoms with van der Waals surface area (Å²) >= 11 is 2.00. The van der Waals surface area contributed by atoms with Crippen molar-refractivity contribution >= 4 is 11.8 Å². The van der Waals surface area contributed by atoms with Gasteiger partial charge in [-0.25, -0.2) is 0 Å². The number of nitrogens with one attached hydrogen (secondary N) is 1. The van der Waals surface area contributed by atoms with Gasteiger partial charge in [-0.3, -0.25) is 4.90 Å². The van der Waals surface area contributed by atoms with E-state index < -0.39 is 0 Å². The summed E-state index contributed by atoms with van der Waals surface area (Å²) in [6, 6.07) is 1.48. The van der Waals surface area contributed by atoms with Crippen LogP contribution in [0.3, 0.4) is 0 Å². The maximum Gasteiger partial charge on any atom is 0.0309 e. The average molecular weight is 256 g/mol. The fourth-order valence-electron chi connectivity index (χ4n) is 3.56. The minimum absolute atomic E-state index is 0.471. The maximum atomic E-state index is 3.85. The van der Waals surface area contributed by atoms with Crippen LogP contribution in [0.15, 0.2) is 0 Å². The summed E-state index contributed by atoms with van der Waals surface area (Å²) < 4.78 is 0. The zero-order valence-corrected chi connectivity index (χ0v) is 12.5. The Morgan fingerprint density at radius 2 is 2.12 bits per heavy atom. The molecule has 1 saturated heterocycles. The number of hydrogen-bond acceptors (Lipinski definition) is 3. The maximum absolute atomic E-state index is 3.85. The smallest absolute Gasteiger partial charge is 0.0309 e. The Balaban J connectivity index is 2.02. The molecule has 2 fully saturated rings. The average Bonchev–Trinajstić information content (AvgIpc) is 2.78. The van der Waals surface area contributed by atoms with E-state index in [0.29, 0.717) is 11.6 Å². The lowest BCUT2D eigenvalue weighted by atomic mass is 9.91. The number of rotatable bonds is 4. The van der Waals surface area contributed by atoms with Gasteiger partial charge in [0.1, 0.15) is 0 Å². The third-order valence-corrected chi connectivity index (χ3v) is 5.40. The molecule has 3 heteroatoms. The van der Waals surface area contributed by atoms with E-state index in [1.807, 2.05) is 11.8 Å². The topological polar surface area (TPSA) is 15.3 Å². The van der Waals surface area contributed by atoms with E-state index in [0.717, 1.165) is 6.04 Å². The van der Waals surface area contributed by atoms with Crippen LogP contribution in [0.4, 0.5) is 0 Å². The highest BCUT2D eigenvalue weighted by atomic mass is 32.2. The Hall–Kier alpha value is 0.270. The zero-order chi connectivity index (χ0) is 12.3. The molecule has 1 aliphatic heterocycles. The highest BCUT2D eigenvalue weighted by Crippen LogP contribution is 2.34.